The van der Waals surface area contributed by atoms with Crippen molar-refractivity contribution >= 4 is 29.0 Å². The number of hydrogen-bond donors (Lipinski definition) is 1. The van der Waals surface area contributed by atoms with Crippen LogP contribution in [0, 0.1) is 5.92 Å². The van der Waals surface area contributed by atoms with Gasteiger partial charge in [0.25, 0.3) is 0 Å². The summed E-state index contributed by atoms with van der Waals surface area (Å²) in [7, 11) is 0. The van der Waals surface area contributed by atoms with E-state index in [1.807, 2.05) is 0 Å². The number of nitrogens with zero attached hydrogens (tertiary/aromatic N) is 2. The van der Waals surface area contributed by atoms with Gasteiger partial charge in [0.1, 0.15) is 10.8 Å². The first-order valence-corrected chi connectivity index (χ1v) is 6.27. The maximum atomic E-state index is 5.91. The summed E-state index contributed by atoms with van der Waals surface area (Å²) in [6.45, 7) is 5.32. The molecule has 0 unspecified atom stereocenters. The van der Waals surface area contributed by atoms with Crippen LogP contribution in [0.1, 0.15) is 33.1 Å². The molecule has 0 saturated carbocycles. The van der Waals surface area contributed by atoms with Crippen LogP contribution in [0.25, 0.3) is 0 Å². The van der Waals surface area contributed by atoms with Crippen molar-refractivity contribution in [3.05, 3.63) is 16.5 Å². The predicted molar refractivity (Wildman–Crippen MR) is 69.2 cm³/mol. The molecule has 1 heterocycles. The Bertz CT molecular complexity index is 329. The lowest BCUT2D eigenvalue weighted by Gasteiger charge is -2.08. The molecule has 0 aliphatic rings. The summed E-state index contributed by atoms with van der Waals surface area (Å²) in [6, 6.07) is 0. The SMILES string of the molecule is CC(C)CCCCNc1nc(Cl)ncc1Cl. The zero-order valence-electron chi connectivity index (χ0n) is 9.63. The van der Waals surface area contributed by atoms with Gasteiger partial charge >= 0.3 is 0 Å². The standard InChI is InChI=1S/C11H17Cl2N3/c1-8(2)5-3-4-6-14-10-9(12)7-15-11(13)16-10/h7-8H,3-6H2,1-2H3,(H,14,15,16). The average molecular weight is 262 g/mol. The minimum atomic E-state index is 0.217. The molecule has 1 N–H and O–H groups in total. The minimum Gasteiger partial charge on any atom is -0.369 e. The fourth-order valence-corrected chi connectivity index (χ4v) is 1.65. The molecule has 0 aliphatic heterocycles. The topological polar surface area (TPSA) is 37.8 Å². The van der Waals surface area contributed by atoms with Crippen LogP contribution in [-0.4, -0.2) is 16.5 Å². The zero-order valence-corrected chi connectivity index (χ0v) is 11.1. The van der Waals surface area contributed by atoms with Crippen LogP contribution in [0.4, 0.5) is 5.82 Å². The molecule has 0 amide bonds. The van der Waals surface area contributed by atoms with Gasteiger partial charge < -0.3 is 5.32 Å². The normalized spacial score (nSPS) is 10.8. The van der Waals surface area contributed by atoms with E-state index in [4.69, 9.17) is 23.2 Å². The molecule has 1 aromatic heterocycles. The summed E-state index contributed by atoms with van der Waals surface area (Å²) in [5.41, 5.74) is 0. The van der Waals surface area contributed by atoms with E-state index in [0.717, 1.165) is 18.9 Å². The summed E-state index contributed by atoms with van der Waals surface area (Å²) < 4.78 is 0. The summed E-state index contributed by atoms with van der Waals surface area (Å²) in [4.78, 5) is 7.81. The first-order chi connectivity index (χ1) is 7.59. The van der Waals surface area contributed by atoms with Crippen molar-refractivity contribution in [1.82, 2.24) is 9.97 Å². The van der Waals surface area contributed by atoms with Crippen molar-refractivity contribution < 1.29 is 0 Å². The highest BCUT2D eigenvalue weighted by Gasteiger charge is 2.03. The van der Waals surface area contributed by atoms with Gasteiger partial charge in [0, 0.05) is 6.54 Å². The van der Waals surface area contributed by atoms with Gasteiger partial charge in [-0.3, -0.25) is 0 Å². The molecule has 0 saturated heterocycles. The number of unbranched alkanes of at least 4 members (excludes halogenated alkanes) is 1. The average Bonchev–Trinajstić information content (AvgIpc) is 2.22. The van der Waals surface area contributed by atoms with Gasteiger partial charge in [-0.25, -0.2) is 4.98 Å². The highest BCUT2D eigenvalue weighted by Crippen LogP contribution is 2.19. The molecular formula is C11H17Cl2N3. The van der Waals surface area contributed by atoms with E-state index in [2.05, 4.69) is 29.1 Å². The van der Waals surface area contributed by atoms with Gasteiger partial charge in [0.05, 0.1) is 6.20 Å². The molecule has 1 rings (SSSR count). The van der Waals surface area contributed by atoms with Crippen molar-refractivity contribution in [2.24, 2.45) is 5.92 Å². The Balaban J connectivity index is 2.29. The van der Waals surface area contributed by atoms with Crippen molar-refractivity contribution in [3.63, 3.8) is 0 Å². The van der Waals surface area contributed by atoms with Crippen LogP contribution in [0.15, 0.2) is 6.20 Å². The Morgan fingerprint density at radius 3 is 2.75 bits per heavy atom. The molecule has 0 atom stereocenters. The van der Waals surface area contributed by atoms with E-state index in [1.165, 1.54) is 19.0 Å². The second kappa shape index (κ2) is 6.92. The largest absolute Gasteiger partial charge is 0.369 e. The van der Waals surface area contributed by atoms with E-state index in [-0.39, 0.29) is 5.28 Å². The predicted octanol–water partition coefficient (Wildman–Crippen LogP) is 4.02. The minimum absolute atomic E-state index is 0.217. The molecule has 0 aliphatic carbocycles. The van der Waals surface area contributed by atoms with E-state index in [9.17, 15) is 0 Å². The first-order valence-electron chi connectivity index (χ1n) is 5.51. The van der Waals surface area contributed by atoms with Crippen LogP contribution < -0.4 is 5.32 Å². The van der Waals surface area contributed by atoms with E-state index in [0.29, 0.717) is 10.8 Å². The van der Waals surface area contributed by atoms with Gasteiger partial charge in [-0.15, -0.1) is 0 Å². The van der Waals surface area contributed by atoms with Gasteiger partial charge in [-0.1, -0.05) is 38.3 Å². The van der Waals surface area contributed by atoms with Crippen LogP contribution >= 0.6 is 23.2 Å². The van der Waals surface area contributed by atoms with Crippen molar-refractivity contribution in [3.8, 4) is 0 Å². The Morgan fingerprint density at radius 1 is 1.31 bits per heavy atom. The van der Waals surface area contributed by atoms with Crippen LogP contribution in [0.5, 0.6) is 0 Å². The van der Waals surface area contributed by atoms with Gasteiger partial charge in [0.15, 0.2) is 0 Å². The summed E-state index contributed by atoms with van der Waals surface area (Å²) >= 11 is 11.6. The molecule has 0 radical (unpaired) electrons. The number of anilines is 1. The van der Waals surface area contributed by atoms with E-state index in [1.54, 1.807) is 0 Å². The second-order valence-electron chi connectivity index (χ2n) is 4.15. The molecule has 1 aromatic rings. The number of aromatic nitrogens is 2. The molecule has 0 spiro atoms. The highest BCUT2D eigenvalue weighted by atomic mass is 35.5. The van der Waals surface area contributed by atoms with Crippen LogP contribution in [0.2, 0.25) is 10.3 Å². The highest BCUT2D eigenvalue weighted by molar-refractivity contribution is 6.33. The smallest absolute Gasteiger partial charge is 0.224 e. The fraction of sp³-hybridized carbons (Fsp3) is 0.636. The first kappa shape index (κ1) is 13.5. The fourth-order valence-electron chi connectivity index (χ4n) is 1.35. The molecule has 0 aromatic carbocycles. The number of hydrogen-bond acceptors (Lipinski definition) is 3. The van der Waals surface area contributed by atoms with Gasteiger partial charge in [-0.05, 0) is 23.9 Å². The van der Waals surface area contributed by atoms with Crippen LogP contribution in [0.3, 0.4) is 0 Å². The Kier molecular flexibility index (Phi) is 5.85. The van der Waals surface area contributed by atoms with Crippen molar-refractivity contribution in [2.45, 2.75) is 33.1 Å². The quantitative estimate of drug-likeness (QED) is 0.621. The zero-order chi connectivity index (χ0) is 12.0. The maximum absolute atomic E-state index is 5.91. The van der Waals surface area contributed by atoms with Crippen molar-refractivity contribution in [2.75, 3.05) is 11.9 Å². The van der Waals surface area contributed by atoms with Crippen LogP contribution in [-0.2, 0) is 0 Å². The number of nitrogens with one attached hydrogen (secondary N) is 1. The second-order valence-corrected chi connectivity index (χ2v) is 4.90. The molecule has 0 bridgehead atoms. The molecule has 5 heteroatoms. The Morgan fingerprint density at radius 2 is 2.06 bits per heavy atom. The third kappa shape index (κ3) is 4.99. The number of halogens is 2. The van der Waals surface area contributed by atoms with Crippen molar-refractivity contribution in [1.29, 1.82) is 0 Å². The lowest BCUT2D eigenvalue weighted by molar-refractivity contribution is 0.544. The van der Waals surface area contributed by atoms with Gasteiger partial charge in [-0.2, -0.15) is 4.98 Å². The lowest BCUT2D eigenvalue weighted by atomic mass is 10.1. The molecule has 0 fully saturated rings. The van der Waals surface area contributed by atoms with E-state index >= 15 is 0 Å². The third-order valence-electron chi connectivity index (χ3n) is 2.22. The molecule has 16 heavy (non-hydrogen) atoms. The van der Waals surface area contributed by atoms with Gasteiger partial charge in [0.2, 0.25) is 5.28 Å². The van der Waals surface area contributed by atoms with E-state index < -0.39 is 0 Å². The summed E-state index contributed by atoms with van der Waals surface area (Å²) in [5, 5.41) is 3.88. The lowest BCUT2D eigenvalue weighted by Crippen LogP contribution is -2.05. The third-order valence-corrected chi connectivity index (χ3v) is 2.67. The maximum Gasteiger partial charge on any atom is 0.224 e. The summed E-state index contributed by atoms with van der Waals surface area (Å²) in [6.07, 6.45) is 5.07. The Labute approximate surface area is 107 Å². The molecule has 3 nitrogen and oxygen atoms in total. The Hall–Kier alpha value is -0.540. The summed E-state index contributed by atoms with van der Waals surface area (Å²) in [5.74, 6) is 1.38. The number of rotatable bonds is 6. The molecule has 90 valence electrons. The monoisotopic (exact) mass is 261 g/mol. The molecular weight excluding hydrogens is 245 g/mol.